The molecule has 1 aliphatic rings. The van der Waals surface area contributed by atoms with Crippen LogP contribution in [0.3, 0.4) is 0 Å². The second kappa shape index (κ2) is 7.97. The van der Waals surface area contributed by atoms with Crippen LogP contribution in [-0.2, 0) is 24.1 Å². The van der Waals surface area contributed by atoms with Gasteiger partial charge in [-0.25, -0.2) is 4.79 Å². The van der Waals surface area contributed by atoms with E-state index in [-0.39, 0.29) is 12.1 Å². The zero-order chi connectivity index (χ0) is 16.8. The van der Waals surface area contributed by atoms with Crippen molar-refractivity contribution in [3.05, 3.63) is 53.4 Å². The van der Waals surface area contributed by atoms with Crippen LogP contribution < -0.4 is 5.32 Å². The van der Waals surface area contributed by atoms with E-state index in [1.807, 2.05) is 31.2 Å². The van der Waals surface area contributed by atoms with E-state index < -0.39 is 0 Å². The Labute approximate surface area is 141 Å². The molecule has 1 atom stereocenters. The monoisotopic (exact) mass is 329 g/mol. The molecule has 0 radical (unpaired) electrons. The summed E-state index contributed by atoms with van der Waals surface area (Å²) in [6.07, 6.45) is 1.66. The first-order chi connectivity index (χ1) is 11.7. The van der Waals surface area contributed by atoms with Gasteiger partial charge in [0.2, 0.25) is 0 Å². The van der Waals surface area contributed by atoms with Crippen molar-refractivity contribution >= 4 is 6.03 Å². The molecule has 1 aromatic heterocycles. The maximum Gasteiger partial charge on any atom is 0.317 e. The highest BCUT2D eigenvalue weighted by Gasteiger charge is 2.24. The second-order valence-electron chi connectivity index (χ2n) is 5.93. The van der Waals surface area contributed by atoms with E-state index in [1.165, 1.54) is 5.56 Å². The van der Waals surface area contributed by atoms with Gasteiger partial charge in [-0.1, -0.05) is 42.4 Å². The summed E-state index contributed by atoms with van der Waals surface area (Å²) < 4.78 is 11.0. The number of ether oxygens (including phenoxy) is 1. The molecule has 0 aliphatic carbocycles. The Balaban J connectivity index is 1.49. The van der Waals surface area contributed by atoms with E-state index in [0.717, 1.165) is 18.5 Å². The molecule has 1 saturated heterocycles. The van der Waals surface area contributed by atoms with Crippen LogP contribution >= 0.6 is 0 Å². The summed E-state index contributed by atoms with van der Waals surface area (Å²) in [6.45, 7) is 4.13. The number of hydrogen-bond donors (Lipinski definition) is 1. The summed E-state index contributed by atoms with van der Waals surface area (Å²) in [6, 6.07) is 12.0. The minimum Gasteiger partial charge on any atom is -0.374 e. The van der Waals surface area contributed by atoms with Crippen LogP contribution in [0.1, 0.15) is 23.9 Å². The minimum absolute atomic E-state index is 0.0314. The van der Waals surface area contributed by atoms with E-state index in [0.29, 0.717) is 32.0 Å². The molecule has 1 aromatic carbocycles. The normalized spacial score (nSPS) is 17.7. The molecule has 6 heteroatoms. The third-order valence-corrected chi connectivity index (χ3v) is 4.12. The predicted molar refractivity (Wildman–Crippen MR) is 89.6 cm³/mol. The summed E-state index contributed by atoms with van der Waals surface area (Å²) in [5, 5.41) is 6.81. The number of aromatic nitrogens is 1. The fraction of sp³-hybridized carbons (Fsp3) is 0.444. The first-order valence-corrected chi connectivity index (χ1v) is 8.37. The molecule has 2 heterocycles. The molecule has 0 bridgehead atoms. The molecular formula is C18H23N3O3. The Morgan fingerprint density at radius 2 is 2.21 bits per heavy atom. The maximum atomic E-state index is 12.3. The average Bonchev–Trinajstić information content (AvgIpc) is 3.09. The van der Waals surface area contributed by atoms with Crippen molar-refractivity contribution in [1.29, 1.82) is 0 Å². The number of nitrogens with one attached hydrogen (secondary N) is 1. The quantitative estimate of drug-likeness (QED) is 0.914. The minimum atomic E-state index is -0.0918. The Hall–Kier alpha value is -2.34. The topological polar surface area (TPSA) is 67.6 Å². The van der Waals surface area contributed by atoms with Gasteiger partial charge in [-0.05, 0) is 12.0 Å². The fourth-order valence-corrected chi connectivity index (χ4v) is 2.78. The van der Waals surface area contributed by atoms with Gasteiger partial charge in [0.15, 0.2) is 5.76 Å². The zero-order valence-corrected chi connectivity index (χ0v) is 13.9. The van der Waals surface area contributed by atoms with E-state index in [4.69, 9.17) is 9.26 Å². The number of rotatable bonds is 5. The number of morpholine rings is 1. The Bertz CT molecular complexity index is 657. The summed E-state index contributed by atoms with van der Waals surface area (Å²) in [5.41, 5.74) is 2.12. The molecule has 0 spiro atoms. The van der Waals surface area contributed by atoms with Gasteiger partial charge in [-0.15, -0.1) is 0 Å². The molecular weight excluding hydrogens is 306 g/mol. The number of urea groups is 1. The fourth-order valence-electron chi connectivity index (χ4n) is 2.78. The van der Waals surface area contributed by atoms with E-state index >= 15 is 0 Å². The Morgan fingerprint density at radius 1 is 1.38 bits per heavy atom. The van der Waals surface area contributed by atoms with Crippen molar-refractivity contribution < 1.29 is 14.1 Å². The van der Waals surface area contributed by atoms with E-state index in [2.05, 4.69) is 22.6 Å². The number of amides is 2. The van der Waals surface area contributed by atoms with Crippen molar-refractivity contribution in [1.82, 2.24) is 15.4 Å². The van der Waals surface area contributed by atoms with Gasteiger partial charge >= 0.3 is 6.03 Å². The van der Waals surface area contributed by atoms with E-state index in [1.54, 1.807) is 4.90 Å². The lowest BCUT2D eigenvalue weighted by molar-refractivity contribution is -0.0133. The molecule has 0 unspecified atom stereocenters. The lowest BCUT2D eigenvalue weighted by Crippen LogP contribution is -2.50. The van der Waals surface area contributed by atoms with Gasteiger partial charge in [0.25, 0.3) is 0 Å². The molecule has 1 aliphatic heterocycles. The van der Waals surface area contributed by atoms with E-state index in [9.17, 15) is 4.79 Å². The van der Waals surface area contributed by atoms with Crippen LogP contribution in [0.2, 0.25) is 0 Å². The predicted octanol–water partition coefficient (Wildman–Crippen LogP) is 2.39. The number of aryl methyl sites for hydroxylation is 1. The van der Waals surface area contributed by atoms with Crippen LogP contribution in [0.5, 0.6) is 0 Å². The van der Waals surface area contributed by atoms with Crippen molar-refractivity contribution in [2.45, 2.75) is 32.4 Å². The lowest BCUT2D eigenvalue weighted by atomic mass is 10.1. The molecule has 24 heavy (non-hydrogen) atoms. The molecule has 0 saturated carbocycles. The lowest BCUT2D eigenvalue weighted by Gasteiger charge is -2.33. The number of benzene rings is 1. The smallest absolute Gasteiger partial charge is 0.317 e. The SMILES string of the molecule is CCc1cc(CNC(=O)N2CCO[C@@H](Cc3ccccc3)C2)on1. The average molecular weight is 329 g/mol. The molecule has 1 N–H and O–H groups in total. The number of carbonyl (C=O) groups is 1. The molecule has 3 rings (SSSR count). The third-order valence-electron chi connectivity index (χ3n) is 4.12. The molecule has 128 valence electrons. The second-order valence-corrected chi connectivity index (χ2v) is 5.93. The number of carbonyl (C=O) groups excluding carboxylic acids is 1. The van der Waals surface area contributed by atoms with Gasteiger partial charge in [-0.2, -0.15) is 0 Å². The van der Waals surface area contributed by atoms with Gasteiger partial charge < -0.3 is 19.5 Å². The van der Waals surface area contributed by atoms with Crippen LogP contribution in [-0.4, -0.2) is 41.9 Å². The number of hydrogen-bond acceptors (Lipinski definition) is 4. The summed E-state index contributed by atoms with van der Waals surface area (Å²) in [5.74, 6) is 0.675. The van der Waals surface area contributed by atoms with Gasteiger partial charge in [0, 0.05) is 25.6 Å². The summed E-state index contributed by atoms with van der Waals surface area (Å²) in [4.78, 5) is 14.1. The van der Waals surface area contributed by atoms with Crippen LogP contribution in [0.25, 0.3) is 0 Å². The first kappa shape index (κ1) is 16.5. The van der Waals surface area contributed by atoms with Gasteiger partial charge in [0.05, 0.1) is 24.9 Å². The highest BCUT2D eigenvalue weighted by molar-refractivity contribution is 5.74. The standard InChI is InChI=1S/C18H23N3O3/c1-2-15-11-16(24-20-15)12-19-18(22)21-8-9-23-17(13-21)10-14-6-4-3-5-7-14/h3-7,11,17H,2,8-10,12-13H2,1H3,(H,19,22)/t17-/m0/s1. The number of nitrogens with zero attached hydrogens (tertiary/aromatic N) is 2. The molecule has 6 nitrogen and oxygen atoms in total. The molecule has 1 fully saturated rings. The first-order valence-electron chi connectivity index (χ1n) is 8.37. The highest BCUT2D eigenvalue weighted by Crippen LogP contribution is 2.12. The van der Waals surface area contributed by atoms with Crippen LogP contribution in [0.15, 0.2) is 40.9 Å². The largest absolute Gasteiger partial charge is 0.374 e. The van der Waals surface area contributed by atoms with Crippen LogP contribution in [0.4, 0.5) is 4.79 Å². The summed E-state index contributed by atoms with van der Waals surface area (Å²) in [7, 11) is 0. The Morgan fingerprint density at radius 3 is 2.96 bits per heavy atom. The van der Waals surface area contributed by atoms with Crippen molar-refractivity contribution in [3.63, 3.8) is 0 Å². The van der Waals surface area contributed by atoms with Crippen molar-refractivity contribution in [2.75, 3.05) is 19.7 Å². The third kappa shape index (κ3) is 4.35. The summed E-state index contributed by atoms with van der Waals surface area (Å²) >= 11 is 0. The van der Waals surface area contributed by atoms with Crippen molar-refractivity contribution in [3.8, 4) is 0 Å². The van der Waals surface area contributed by atoms with Crippen LogP contribution in [0, 0.1) is 0 Å². The van der Waals surface area contributed by atoms with Crippen molar-refractivity contribution in [2.24, 2.45) is 0 Å². The highest BCUT2D eigenvalue weighted by atomic mass is 16.5. The van der Waals surface area contributed by atoms with Gasteiger partial charge in [-0.3, -0.25) is 0 Å². The Kier molecular flexibility index (Phi) is 5.48. The zero-order valence-electron chi connectivity index (χ0n) is 13.9. The van der Waals surface area contributed by atoms with Gasteiger partial charge in [0.1, 0.15) is 0 Å². The molecule has 2 aromatic rings. The maximum absolute atomic E-state index is 12.3. The molecule has 2 amide bonds.